The summed E-state index contributed by atoms with van der Waals surface area (Å²) in [5.74, 6) is 0.986. The van der Waals surface area contributed by atoms with Gasteiger partial charge in [-0.1, -0.05) is 24.1 Å². The summed E-state index contributed by atoms with van der Waals surface area (Å²) in [6.45, 7) is 0.632. The van der Waals surface area contributed by atoms with Crippen molar-refractivity contribution in [2.24, 2.45) is 0 Å². The third-order valence-corrected chi connectivity index (χ3v) is 8.02. The maximum atomic E-state index is 13.4. The van der Waals surface area contributed by atoms with Crippen molar-refractivity contribution in [2.75, 3.05) is 19.0 Å². The second kappa shape index (κ2) is 8.38. The minimum atomic E-state index is -0.109. The van der Waals surface area contributed by atoms with Crippen molar-refractivity contribution < 1.29 is 14.3 Å². The molecule has 0 unspecified atom stereocenters. The summed E-state index contributed by atoms with van der Waals surface area (Å²) >= 11 is 6.43. The number of benzene rings is 1. The molecule has 4 aromatic rings. The third-order valence-electron chi connectivity index (χ3n) is 7.73. The SMILES string of the molecule is COc1c(Cl)cccc1Nc1c(-c2ccnc3ccc(OC4CC4)nc23)[nH]c2c1C(=O)NCC21CCC1. The highest BCUT2D eigenvalue weighted by Gasteiger charge is 2.47. The molecular weight excluding hydrogens is 490 g/mol. The van der Waals surface area contributed by atoms with E-state index < -0.39 is 0 Å². The smallest absolute Gasteiger partial charge is 0.255 e. The molecule has 0 atom stereocenters. The van der Waals surface area contributed by atoms with Gasteiger partial charge < -0.3 is 25.1 Å². The van der Waals surface area contributed by atoms with Crippen LogP contribution in [0.4, 0.5) is 11.4 Å². The van der Waals surface area contributed by atoms with Gasteiger partial charge in [-0.3, -0.25) is 9.78 Å². The zero-order chi connectivity index (χ0) is 25.1. The standard InChI is InChI=1S/C28H26ClN5O3/c1-36-25-17(29)4-2-5-19(25)32-24-21-26(28(11-3-12-28)14-31-27(21)35)34-23(24)16-10-13-30-18-8-9-20(33-22(16)18)37-15-6-7-15/h2,4-5,8-10,13,15,32,34H,3,6-7,11-12,14H2,1H3,(H,31,35). The van der Waals surface area contributed by atoms with Crippen molar-refractivity contribution in [1.29, 1.82) is 0 Å². The molecule has 3 N–H and O–H groups in total. The molecule has 2 fully saturated rings. The largest absolute Gasteiger partial charge is 0.493 e. The predicted molar refractivity (Wildman–Crippen MR) is 142 cm³/mol. The minimum Gasteiger partial charge on any atom is -0.493 e. The fourth-order valence-corrected chi connectivity index (χ4v) is 5.74. The predicted octanol–water partition coefficient (Wildman–Crippen LogP) is 5.74. The zero-order valence-corrected chi connectivity index (χ0v) is 21.1. The van der Waals surface area contributed by atoms with Gasteiger partial charge in [0.05, 0.1) is 40.3 Å². The van der Waals surface area contributed by atoms with Crippen molar-refractivity contribution in [2.45, 2.75) is 43.6 Å². The van der Waals surface area contributed by atoms with Gasteiger partial charge in [-0.15, -0.1) is 0 Å². The Morgan fingerprint density at radius 2 is 2.03 bits per heavy atom. The number of para-hydroxylation sites is 1. The number of anilines is 2. The second-order valence-corrected chi connectivity index (χ2v) is 10.5. The maximum absolute atomic E-state index is 13.4. The molecule has 1 spiro atoms. The Labute approximate surface area is 218 Å². The number of carbonyl (C=O) groups excluding carboxylic acids is 1. The lowest BCUT2D eigenvalue weighted by molar-refractivity contribution is 0.0894. The highest BCUT2D eigenvalue weighted by molar-refractivity contribution is 6.32. The van der Waals surface area contributed by atoms with Crippen molar-refractivity contribution in [1.82, 2.24) is 20.3 Å². The number of rotatable bonds is 6. The Balaban J connectivity index is 1.45. The van der Waals surface area contributed by atoms with E-state index in [-0.39, 0.29) is 17.4 Å². The van der Waals surface area contributed by atoms with Crippen LogP contribution in [-0.2, 0) is 5.41 Å². The van der Waals surface area contributed by atoms with E-state index in [4.69, 9.17) is 26.1 Å². The quantitative estimate of drug-likeness (QED) is 0.303. The number of hydrogen-bond acceptors (Lipinski definition) is 6. The molecule has 0 radical (unpaired) electrons. The molecule has 9 heteroatoms. The molecule has 1 aromatic carbocycles. The number of aromatic nitrogens is 3. The molecule has 3 aromatic heterocycles. The van der Waals surface area contributed by atoms with Crippen LogP contribution < -0.4 is 20.1 Å². The van der Waals surface area contributed by atoms with Gasteiger partial charge in [0.25, 0.3) is 5.91 Å². The fourth-order valence-electron chi connectivity index (χ4n) is 5.49. The van der Waals surface area contributed by atoms with E-state index in [0.29, 0.717) is 45.7 Å². The number of methoxy groups -OCH3 is 1. The van der Waals surface area contributed by atoms with E-state index in [0.717, 1.165) is 54.6 Å². The fraction of sp³-hybridized carbons (Fsp3) is 0.321. The third kappa shape index (κ3) is 3.62. The molecule has 4 heterocycles. The minimum absolute atomic E-state index is 0.0904. The molecule has 1 amide bonds. The topological polar surface area (TPSA) is 101 Å². The molecule has 2 saturated carbocycles. The zero-order valence-electron chi connectivity index (χ0n) is 20.4. The number of hydrogen-bond donors (Lipinski definition) is 3. The van der Waals surface area contributed by atoms with Gasteiger partial charge in [0.1, 0.15) is 11.6 Å². The lowest BCUT2D eigenvalue weighted by Gasteiger charge is -2.44. The molecule has 7 rings (SSSR count). The van der Waals surface area contributed by atoms with Crippen molar-refractivity contribution in [3.05, 3.63) is 58.9 Å². The van der Waals surface area contributed by atoms with Gasteiger partial charge in [0.2, 0.25) is 5.88 Å². The summed E-state index contributed by atoms with van der Waals surface area (Å²) in [7, 11) is 1.58. The first-order valence-corrected chi connectivity index (χ1v) is 13.0. The van der Waals surface area contributed by atoms with Crippen LogP contribution in [0.3, 0.4) is 0 Å². The summed E-state index contributed by atoms with van der Waals surface area (Å²) in [4.78, 5) is 26.4. The lowest BCUT2D eigenvalue weighted by atomic mass is 9.64. The van der Waals surface area contributed by atoms with Gasteiger partial charge in [-0.25, -0.2) is 4.98 Å². The monoisotopic (exact) mass is 515 g/mol. The summed E-state index contributed by atoms with van der Waals surface area (Å²) in [5.41, 5.74) is 5.92. The van der Waals surface area contributed by atoms with Gasteiger partial charge >= 0.3 is 0 Å². The first kappa shape index (κ1) is 22.4. The summed E-state index contributed by atoms with van der Waals surface area (Å²) in [6, 6.07) is 11.2. The molecule has 8 nitrogen and oxygen atoms in total. The Morgan fingerprint density at radius 3 is 2.78 bits per heavy atom. The molecule has 188 valence electrons. The van der Waals surface area contributed by atoms with E-state index in [9.17, 15) is 4.79 Å². The van der Waals surface area contributed by atoms with E-state index in [2.05, 4.69) is 20.6 Å². The average molecular weight is 516 g/mol. The molecule has 0 saturated heterocycles. The number of amides is 1. The molecular formula is C28H26ClN5O3. The molecule has 0 bridgehead atoms. The number of pyridine rings is 2. The first-order chi connectivity index (χ1) is 18.1. The molecule has 37 heavy (non-hydrogen) atoms. The van der Waals surface area contributed by atoms with Gasteiger partial charge in [0.15, 0.2) is 5.75 Å². The normalized spacial score (nSPS) is 17.7. The number of aromatic amines is 1. The van der Waals surface area contributed by atoms with E-state index >= 15 is 0 Å². The Kier molecular flexibility index (Phi) is 5.08. The lowest BCUT2D eigenvalue weighted by Crippen LogP contribution is -2.50. The number of nitrogens with zero attached hydrogens (tertiary/aromatic N) is 2. The van der Waals surface area contributed by atoms with Gasteiger partial charge in [-0.05, 0) is 49.9 Å². The number of H-pyrrole nitrogens is 1. The summed E-state index contributed by atoms with van der Waals surface area (Å²) < 4.78 is 11.6. The first-order valence-electron chi connectivity index (χ1n) is 12.6. The average Bonchev–Trinajstić information content (AvgIpc) is 3.61. The Bertz CT molecular complexity index is 1560. The van der Waals surface area contributed by atoms with Crippen molar-refractivity contribution in [3.63, 3.8) is 0 Å². The van der Waals surface area contributed by atoms with Crippen molar-refractivity contribution in [3.8, 4) is 22.9 Å². The van der Waals surface area contributed by atoms with E-state index in [1.807, 2.05) is 30.3 Å². The number of nitrogens with one attached hydrogen (secondary N) is 3. The number of carbonyl (C=O) groups is 1. The highest BCUT2D eigenvalue weighted by Crippen LogP contribution is 2.51. The van der Waals surface area contributed by atoms with Gasteiger partial charge in [0, 0.05) is 35.5 Å². The van der Waals surface area contributed by atoms with Crippen LogP contribution in [0.1, 0.15) is 48.2 Å². The molecule has 3 aliphatic rings. The number of ether oxygens (including phenoxy) is 2. The van der Waals surface area contributed by atoms with E-state index in [1.54, 1.807) is 19.4 Å². The van der Waals surface area contributed by atoms with Gasteiger partial charge in [-0.2, -0.15) is 0 Å². The number of halogens is 1. The van der Waals surface area contributed by atoms with Crippen molar-refractivity contribution >= 4 is 39.9 Å². The second-order valence-electron chi connectivity index (χ2n) is 10.1. The van der Waals surface area contributed by atoms with Crippen LogP contribution >= 0.6 is 11.6 Å². The highest BCUT2D eigenvalue weighted by atomic mass is 35.5. The maximum Gasteiger partial charge on any atom is 0.255 e. The summed E-state index contributed by atoms with van der Waals surface area (Å²) in [6.07, 6.45) is 7.28. The van der Waals surface area contributed by atoms with Crippen LogP contribution in [0.15, 0.2) is 42.6 Å². The van der Waals surface area contributed by atoms with Crippen LogP contribution in [0.5, 0.6) is 11.6 Å². The van der Waals surface area contributed by atoms with Crippen LogP contribution in [0.25, 0.3) is 22.3 Å². The molecule has 1 aliphatic heterocycles. The van der Waals surface area contributed by atoms with Crippen LogP contribution in [0.2, 0.25) is 5.02 Å². The van der Waals surface area contributed by atoms with Crippen LogP contribution in [-0.4, -0.2) is 40.6 Å². The Morgan fingerprint density at radius 1 is 1.16 bits per heavy atom. The van der Waals surface area contributed by atoms with E-state index in [1.165, 1.54) is 0 Å². The summed E-state index contributed by atoms with van der Waals surface area (Å²) in [5, 5.41) is 7.11. The number of fused-ring (bicyclic) bond motifs is 3. The Hall–Kier alpha value is -3.78. The van der Waals surface area contributed by atoms with Crippen LogP contribution in [0, 0.1) is 0 Å². The molecule has 2 aliphatic carbocycles.